The van der Waals surface area contributed by atoms with Gasteiger partial charge in [0.05, 0.1) is 24.1 Å². The third kappa shape index (κ3) is 4.44. The third-order valence-corrected chi connectivity index (χ3v) is 5.53. The molecule has 1 aromatic heterocycles. The van der Waals surface area contributed by atoms with Crippen LogP contribution in [0.4, 0.5) is 0 Å². The van der Waals surface area contributed by atoms with Crippen molar-refractivity contribution >= 4 is 16.7 Å². The molecule has 2 aromatic rings. The Morgan fingerprint density at radius 1 is 1.37 bits per heavy atom. The zero-order valence-electron chi connectivity index (χ0n) is 15.8. The summed E-state index contributed by atoms with van der Waals surface area (Å²) in [6.45, 7) is 5.92. The zero-order chi connectivity index (χ0) is 19.6. The maximum Gasteiger partial charge on any atom is 0.266 e. The largest absolute Gasteiger partial charge is 0.497 e. The quantitative estimate of drug-likeness (QED) is 0.802. The van der Waals surface area contributed by atoms with Crippen LogP contribution >= 0.6 is 0 Å². The first-order valence-electron chi connectivity index (χ1n) is 8.64. The Balaban J connectivity index is 1.98. The van der Waals surface area contributed by atoms with Crippen molar-refractivity contribution in [2.45, 2.75) is 44.6 Å². The van der Waals surface area contributed by atoms with Gasteiger partial charge >= 0.3 is 0 Å². The Kier molecular flexibility index (Phi) is 5.46. The summed E-state index contributed by atoms with van der Waals surface area (Å²) in [6, 6.07) is 8.51. The van der Waals surface area contributed by atoms with Crippen molar-refractivity contribution in [1.82, 2.24) is 9.78 Å². The number of ether oxygens (including phenoxy) is 2. The van der Waals surface area contributed by atoms with Gasteiger partial charge in [0.25, 0.3) is 5.56 Å². The van der Waals surface area contributed by atoms with Gasteiger partial charge in [0.1, 0.15) is 28.6 Å². The molecule has 0 radical (unpaired) electrons. The second-order valence-electron chi connectivity index (χ2n) is 7.25. The Hall–Kier alpha value is -2.48. The summed E-state index contributed by atoms with van der Waals surface area (Å²) in [5.41, 5.74) is 1.29. The maximum atomic E-state index is 12.6. The van der Waals surface area contributed by atoms with Crippen molar-refractivity contribution in [3.05, 3.63) is 52.4 Å². The van der Waals surface area contributed by atoms with E-state index < -0.39 is 15.7 Å². The van der Waals surface area contributed by atoms with E-state index in [0.717, 1.165) is 5.56 Å². The van der Waals surface area contributed by atoms with Crippen molar-refractivity contribution in [3.8, 4) is 11.5 Å². The standard InChI is InChI=1S/C19H23N3O4S/c1-19(2,3)27(24)21-16-10-14(12-22-18(23)6-5-9-20-22)26-17-11-13(25-4)7-8-15(16)17/h5-9,11,14H,10,12H2,1-4H3/b21-16+/t14-,27-/m0/s1. The highest BCUT2D eigenvalue weighted by Gasteiger charge is 2.28. The normalized spacial score (nSPS) is 19.3. The van der Waals surface area contributed by atoms with E-state index in [4.69, 9.17) is 9.47 Å². The van der Waals surface area contributed by atoms with Crippen molar-refractivity contribution in [3.63, 3.8) is 0 Å². The molecule has 0 unspecified atom stereocenters. The molecule has 8 heteroatoms. The zero-order valence-corrected chi connectivity index (χ0v) is 16.7. The molecule has 0 bridgehead atoms. The smallest absolute Gasteiger partial charge is 0.266 e. The van der Waals surface area contributed by atoms with Gasteiger partial charge in [-0.1, -0.05) is 0 Å². The number of nitrogens with zero attached hydrogens (tertiary/aromatic N) is 3. The molecule has 2 heterocycles. The molecule has 0 aliphatic carbocycles. The second-order valence-corrected chi connectivity index (χ2v) is 9.16. The lowest BCUT2D eigenvalue weighted by molar-refractivity contribution is 0.173. The molecule has 0 amide bonds. The van der Waals surface area contributed by atoms with E-state index in [9.17, 15) is 9.00 Å². The highest BCUT2D eigenvalue weighted by atomic mass is 32.2. The summed E-state index contributed by atoms with van der Waals surface area (Å²) in [5.74, 6) is 1.25. The molecule has 0 N–H and O–H groups in total. The first-order valence-corrected chi connectivity index (χ1v) is 9.75. The highest BCUT2D eigenvalue weighted by molar-refractivity contribution is 7.85. The van der Waals surface area contributed by atoms with E-state index in [2.05, 4.69) is 9.50 Å². The fourth-order valence-corrected chi connectivity index (χ4v) is 3.30. The van der Waals surface area contributed by atoms with Crippen LogP contribution in [0.5, 0.6) is 11.5 Å². The topological polar surface area (TPSA) is 82.8 Å². The minimum absolute atomic E-state index is 0.200. The van der Waals surface area contributed by atoms with Crippen LogP contribution in [0.15, 0.2) is 45.7 Å². The number of rotatable bonds is 4. The van der Waals surface area contributed by atoms with Crippen LogP contribution < -0.4 is 15.0 Å². The maximum absolute atomic E-state index is 12.6. The summed E-state index contributed by atoms with van der Waals surface area (Å²) in [4.78, 5) is 12.0. The summed E-state index contributed by atoms with van der Waals surface area (Å²) < 4.78 is 29.3. The van der Waals surface area contributed by atoms with Crippen LogP contribution in [0.1, 0.15) is 32.8 Å². The molecular formula is C19H23N3O4S. The lowest BCUT2D eigenvalue weighted by Gasteiger charge is -2.28. The summed E-state index contributed by atoms with van der Waals surface area (Å²) in [7, 11) is 0.184. The SMILES string of the molecule is COc1ccc2c(c1)O[C@H](Cn1ncccc1=O)C/C2=N\[S@@](=O)C(C)(C)C. The van der Waals surface area contributed by atoms with E-state index in [-0.39, 0.29) is 18.2 Å². The third-order valence-electron chi connectivity index (χ3n) is 4.09. The van der Waals surface area contributed by atoms with E-state index in [1.54, 1.807) is 25.4 Å². The average molecular weight is 389 g/mol. The van der Waals surface area contributed by atoms with Gasteiger partial charge in [-0.25, -0.2) is 8.89 Å². The molecule has 7 nitrogen and oxygen atoms in total. The van der Waals surface area contributed by atoms with Gasteiger partial charge < -0.3 is 9.47 Å². The van der Waals surface area contributed by atoms with E-state index in [0.29, 0.717) is 23.6 Å². The van der Waals surface area contributed by atoms with Gasteiger partial charge in [-0.15, -0.1) is 0 Å². The molecule has 2 atom stereocenters. The van der Waals surface area contributed by atoms with E-state index in [1.807, 2.05) is 32.9 Å². The highest BCUT2D eigenvalue weighted by Crippen LogP contribution is 2.33. The molecule has 144 valence electrons. The van der Waals surface area contributed by atoms with Gasteiger partial charge in [0, 0.05) is 30.3 Å². The van der Waals surface area contributed by atoms with Crippen LogP contribution in [-0.4, -0.2) is 37.7 Å². The molecular weight excluding hydrogens is 366 g/mol. The van der Waals surface area contributed by atoms with Gasteiger partial charge in [0.15, 0.2) is 0 Å². The lowest BCUT2D eigenvalue weighted by atomic mass is 9.99. The number of fused-ring (bicyclic) bond motifs is 1. The average Bonchev–Trinajstić information content (AvgIpc) is 2.62. The minimum Gasteiger partial charge on any atom is -0.497 e. The molecule has 1 aromatic carbocycles. The molecule has 0 saturated heterocycles. The lowest BCUT2D eigenvalue weighted by Crippen LogP contribution is -2.36. The van der Waals surface area contributed by atoms with Crippen LogP contribution in [0.2, 0.25) is 0 Å². The second kappa shape index (κ2) is 7.64. The van der Waals surface area contributed by atoms with Crippen LogP contribution in [0.25, 0.3) is 0 Å². The van der Waals surface area contributed by atoms with E-state index in [1.165, 1.54) is 10.7 Å². The molecule has 0 spiro atoms. The number of hydrogen-bond donors (Lipinski definition) is 0. The Bertz CT molecular complexity index is 946. The summed E-state index contributed by atoms with van der Waals surface area (Å²) >= 11 is 0. The predicted octanol–water partition coefficient (Wildman–Crippen LogP) is 2.35. The molecule has 0 fully saturated rings. The van der Waals surface area contributed by atoms with Gasteiger partial charge in [0.2, 0.25) is 0 Å². The first-order chi connectivity index (χ1) is 12.8. The predicted molar refractivity (Wildman–Crippen MR) is 105 cm³/mol. The Morgan fingerprint density at radius 2 is 2.15 bits per heavy atom. The van der Waals surface area contributed by atoms with Crippen molar-refractivity contribution in [2.24, 2.45) is 4.40 Å². The fraction of sp³-hybridized carbons (Fsp3) is 0.421. The monoisotopic (exact) mass is 389 g/mol. The summed E-state index contributed by atoms with van der Waals surface area (Å²) in [5, 5.41) is 4.09. The summed E-state index contributed by atoms with van der Waals surface area (Å²) in [6.07, 6.45) is 1.64. The van der Waals surface area contributed by atoms with Crippen molar-refractivity contribution in [1.29, 1.82) is 0 Å². The number of aromatic nitrogens is 2. The number of benzene rings is 1. The van der Waals surface area contributed by atoms with Gasteiger partial charge in [-0.05, 0) is 39.0 Å². The Labute approximate surface area is 160 Å². The molecule has 3 rings (SSSR count). The van der Waals surface area contributed by atoms with Crippen LogP contribution in [-0.2, 0) is 17.5 Å². The Morgan fingerprint density at radius 3 is 2.81 bits per heavy atom. The molecule has 1 aliphatic rings. The molecule has 0 saturated carbocycles. The first kappa shape index (κ1) is 19.3. The number of methoxy groups -OCH3 is 1. The fourth-order valence-electron chi connectivity index (χ4n) is 2.65. The van der Waals surface area contributed by atoms with Crippen LogP contribution in [0, 0.1) is 0 Å². The number of hydrogen-bond acceptors (Lipinski definition) is 5. The van der Waals surface area contributed by atoms with Crippen molar-refractivity contribution < 1.29 is 13.7 Å². The van der Waals surface area contributed by atoms with Gasteiger partial charge in [-0.2, -0.15) is 9.50 Å². The molecule has 1 aliphatic heterocycles. The van der Waals surface area contributed by atoms with Crippen LogP contribution in [0.3, 0.4) is 0 Å². The van der Waals surface area contributed by atoms with Crippen molar-refractivity contribution in [2.75, 3.05) is 7.11 Å². The van der Waals surface area contributed by atoms with Gasteiger partial charge in [-0.3, -0.25) is 4.79 Å². The minimum atomic E-state index is -1.40. The van der Waals surface area contributed by atoms with E-state index >= 15 is 0 Å². The molecule has 27 heavy (non-hydrogen) atoms.